The highest BCUT2D eigenvalue weighted by Gasteiger charge is 2.29. The van der Waals surface area contributed by atoms with Gasteiger partial charge in [0.1, 0.15) is 34.7 Å². The first-order valence-corrected chi connectivity index (χ1v) is 12.7. The van der Waals surface area contributed by atoms with Gasteiger partial charge in [0.15, 0.2) is 0 Å². The molecule has 37 heavy (non-hydrogen) atoms. The van der Waals surface area contributed by atoms with Crippen LogP contribution in [0.4, 0.5) is 9.18 Å². The molecule has 2 aliphatic rings. The lowest BCUT2D eigenvalue weighted by molar-refractivity contribution is 0.0199. The molecule has 1 aromatic carbocycles. The molecular weight excluding hydrogens is 477 g/mol. The van der Waals surface area contributed by atoms with Crippen LogP contribution < -0.4 is 10.1 Å². The molecule has 0 bridgehead atoms. The van der Waals surface area contributed by atoms with E-state index in [1.54, 1.807) is 17.2 Å². The Kier molecular flexibility index (Phi) is 6.74. The molecule has 0 spiro atoms. The monoisotopic (exact) mass is 509 g/mol. The minimum absolute atomic E-state index is 0.0723. The Morgan fingerprint density at radius 2 is 1.92 bits per heavy atom. The average Bonchev–Trinajstić information content (AvgIpc) is 3.58. The fourth-order valence-electron chi connectivity index (χ4n) is 4.42. The van der Waals surface area contributed by atoms with E-state index in [9.17, 15) is 14.0 Å². The first-order chi connectivity index (χ1) is 17.7. The van der Waals surface area contributed by atoms with Crippen molar-refractivity contribution in [3.05, 3.63) is 42.1 Å². The fraction of sp³-hybridized carbons (Fsp3) is 0.481. The molecule has 3 aromatic rings. The van der Waals surface area contributed by atoms with Crippen molar-refractivity contribution in [3.63, 3.8) is 0 Å². The van der Waals surface area contributed by atoms with Crippen LogP contribution in [0.3, 0.4) is 0 Å². The van der Waals surface area contributed by atoms with E-state index in [0.29, 0.717) is 72.1 Å². The number of amides is 2. The first-order valence-electron chi connectivity index (χ1n) is 12.7. The van der Waals surface area contributed by atoms with Crippen molar-refractivity contribution in [2.45, 2.75) is 58.1 Å². The number of fused-ring (bicyclic) bond motifs is 1. The normalized spacial score (nSPS) is 16.6. The molecule has 0 radical (unpaired) electrons. The number of nitrogens with one attached hydrogen (secondary N) is 2. The van der Waals surface area contributed by atoms with E-state index in [4.69, 9.17) is 9.47 Å². The minimum Gasteiger partial charge on any atom is -0.492 e. The third-order valence-corrected chi connectivity index (χ3v) is 6.56. The lowest BCUT2D eigenvalue weighted by atomic mass is 10.0. The molecule has 3 heterocycles. The second-order valence-corrected chi connectivity index (χ2v) is 10.8. The molecule has 0 atom stereocenters. The van der Waals surface area contributed by atoms with Crippen molar-refractivity contribution >= 4 is 23.0 Å². The Morgan fingerprint density at radius 1 is 1.16 bits per heavy atom. The van der Waals surface area contributed by atoms with Gasteiger partial charge in [0.25, 0.3) is 5.91 Å². The van der Waals surface area contributed by atoms with Crippen molar-refractivity contribution in [1.29, 1.82) is 0 Å². The van der Waals surface area contributed by atoms with Crippen molar-refractivity contribution in [2.24, 2.45) is 5.92 Å². The number of aromatic nitrogens is 3. The van der Waals surface area contributed by atoms with Crippen LogP contribution in [0.5, 0.6) is 5.75 Å². The number of piperidine rings is 1. The van der Waals surface area contributed by atoms with E-state index in [1.165, 1.54) is 18.5 Å². The lowest BCUT2D eigenvalue weighted by Crippen LogP contribution is -2.47. The molecule has 10 heteroatoms. The highest BCUT2D eigenvalue weighted by Crippen LogP contribution is 2.36. The molecular formula is C27H32FN5O4. The third kappa shape index (κ3) is 5.84. The zero-order valence-electron chi connectivity index (χ0n) is 21.3. The van der Waals surface area contributed by atoms with E-state index in [-0.39, 0.29) is 23.9 Å². The molecule has 1 aliphatic carbocycles. The van der Waals surface area contributed by atoms with Gasteiger partial charge in [-0.1, -0.05) is 0 Å². The summed E-state index contributed by atoms with van der Waals surface area (Å²) in [7, 11) is 0. The fourth-order valence-corrected chi connectivity index (χ4v) is 4.42. The summed E-state index contributed by atoms with van der Waals surface area (Å²) in [6, 6.07) is 4.30. The number of aromatic amines is 1. The quantitative estimate of drug-likeness (QED) is 0.499. The van der Waals surface area contributed by atoms with E-state index < -0.39 is 5.60 Å². The van der Waals surface area contributed by atoms with Crippen LogP contribution in [0.25, 0.3) is 22.3 Å². The van der Waals surface area contributed by atoms with Gasteiger partial charge in [-0.3, -0.25) is 4.79 Å². The number of rotatable bonds is 6. The molecule has 9 nitrogen and oxygen atoms in total. The zero-order chi connectivity index (χ0) is 26.2. The molecule has 5 rings (SSSR count). The zero-order valence-corrected chi connectivity index (χ0v) is 21.3. The second kappa shape index (κ2) is 9.99. The summed E-state index contributed by atoms with van der Waals surface area (Å²) in [4.78, 5) is 39.1. The molecule has 0 unspecified atom stereocenters. The van der Waals surface area contributed by atoms with Crippen LogP contribution in [-0.4, -0.2) is 63.2 Å². The number of carbonyl (C=O) groups is 2. The Labute approximate surface area is 214 Å². The van der Waals surface area contributed by atoms with Gasteiger partial charge in [0.05, 0.1) is 17.7 Å². The Balaban J connectivity index is 1.29. The van der Waals surface area contributed by atoms with Gasteiger partial charge >= 0.3 is 6.09 Å². The third-order valence-electron chi connectivity index (χ3n) is 6.56. The van der Waals surface area contributed by atoms with Gasteiger partial charge in [-0.15, -0.1) is 0 Å². The maximum atomic E-state index is 14.0. The van der Waals surface area contributed by atoms with Crippen LogP contribution in [0, 0.1) is 11.7 Å². The van der Waals surface area contributed by atoms with Crippen LogP contribution >= 0.6 is 0 Å². The lowest BCUT2D eigenvalue weighted by Gasteiger charge is -2.33. The Bertz CT molecular complexity index is 1310. The van der Waals surface area contributed by atoms with Gasteiger partial charge < -0.3 is 24.7 Å². The summed E-state index contributed by atoms with van der Waals surface area (Å²) >= 11 is 0. The minimum atomic E-state index is -0.545. The summed E-state index contributed by atoms with van der Waals surface area (Å²) in [6.07, 6.45) is 6.18. The van der Waals surface area contributed by atoms with Gasteiger partial charge in [0, 0.05) is 37.0 Å². The maximum Gasteiger partial charge on any atom is 0.410 e. The molecule has 2 fully saturated rings. The van der Waals surface area contributed by atoms with Gasteiger partial charge in [-0.05, 0) is 64.5 Å². The van der Waals surface area contributed by atoms with Gasteiger partial charge in [-0.2, -0.15) is 0 Å². The van der Waals surface area contributed by atoms with Gasteiger partial charge in [-0.25, -0.2) is 19.2 Å². The Morgan fingerprint density at radius 3 is 2.62 bits per heavy atom. The number of halogens is 1. The number of H-pyrrole nitrogens is 1. The van der Waals surface area contributed by atoms with Crippen LogP contribution in [0.1, 0.15) is 56.8 Å². The summed E-state index contributed by atoms with van der Waals surface area (Å²) in [5.74, 6) is 0.294. The molecule has 1 saturated heterocycles. The van der Waals surface area contributed by atoms with Crippen LogP contribution in [-0.2, 0) is 4.74 Å². The second-order valence-electron chi connectivity index (χ2n) is 10.8. The number of benzene rings is 1. The molecule has 1 aliphatic heterocycles. The average molecular weight is 510 g/mol. The number of hydrogen-bond acceptors (Lipinski definition) is 6. The summed E-state index contributed by atoms with van der Waals surface area (Å²) < 4.78 is 25.4. The number of ether oxygens (including phenoxy) is 2. The maximum absolute atomic E-state index is 14.0. The molecule has 2 N–H and O–H groups in total. The van der Waals surface area contributed by atoms with Crippen LogP contribution in [0.2, 0.25) is 0 Å². The summed E-state index contributed by atoms with van der Waals surface area (Å²) in [6.45, 7) is 7.07. The summed E-state index contributed by atoms with van der Waals surface area (Å²) in [5, 5.41) is 3.07. The van der Waals surface area contributed by atoms with Crippen molar-refractivity contribution in [3.8, 4) is 17.0 Å². The summed E-state index contributed by atoms with van der Waals surface area (Å²) in [5.41, 5.74) is 2.09. The number of hydrogen-bond donors (Lipinski definition) is 2. The van der Waals surface area contributed by atoms with Crippen molar-refractivity contribution in [1.82, 2.24) is 25.2 Å². The highest BCUT2D eigenvalue weighted by molar-refractivity contribution is 6.07. The Hall–Kier alpha value is -3.69. The molecule has 2 aromatic heterocycles. The van der Waals surface area contributed by atoms with Gasteiger partial charge in [0.2, 0.25) is 0 Å². The van der Waals surface area contributed by atoms with E-state index in [2.05, 4.69) is 20.3 Å². The predicted molar refractivity (Wildman–Crippen MR) is 136 cm³/mol. The number of carbonyl (C=O) groups excluding carboxylic acids is 2. The first kappa shape index (κ1) is 25.0. The molecule has 196 valence electrons. The van der Waals surface area contributed by atoms with Crippen molar-refractivity contribution < 1.29 is 23.5 Å². The van der Waals surface area contributed by atoms with Crippen molar-refractivity contribution in [2.75, 3.05) is 19.7 Å². The number of nitrogens with zero attached hydrogens (tertiary/aromatic N) is 3. The highest BCUT2D eigenvalue weighted by atomic mass is 19.1. The number of likely N-dealkylation sites (tertiary alicyclic amines) is 1. The van der Waals surface area contributed by atoms with Crippen LogP contribution in [0.15, 0.2) is 30.7 Å². The molecule has 1 saturated carbocycles. The van der Waals surface area contributed by atoms with E-state index in [1.807, 2.05) is 20.8 Å². The van der Waals surface area contributed by atoms with E-state index >= 15 is 0 Å². The smallest absolute Gasteiger partial charge is 0.410 e. The molecule has 2 amide bonds. The topological polar surface area (TPSA) is 109 Å². The predicted octanol–water partition coefficient (Wildman–Crippen LogP) is 4.68. The standard InChI is InChI=1S/C27H32FN5O4/c1-27(2,3)37-26(35)33-10-8-18(9-11-33)32-25(34)20-13-29-24-22(30-15-31-23(20)24)19-7-6-17(28)12-21(19)36-14-16-4-5-16/h6-7,12-13,15-16,18,29H,4-5,8-11,14H2,1-3H3,(H,32,34). The van der Waals surface area contributed by atoms with E-state index in [0.717, 1.165) is 12.8 Å². The SMILES string of the molecule is CC(C)(C)OC(=O)N1CCC(NC(=O)c2c[nH]c3c(-c4ccc(F)cc4OCC4CC4)ncnc23)CC1. The largest absolute Gasteiger partial charge is 0.492 e.